The quantitative estimate of drug-likeness (QED) is 0.777. The molecule has 0 saturated carbocycles. The second kappa shape index (κ2) is 4.28. The van der Waals surface area contributed by atoms with E-state index in [9.17, 15) is 0 Å². The molecule has 0 aliphatic rings. The highest BCUT2D eigenvalue weighted by Crippen LogP contribution is 2.19. The summed E-state index contributed by atoms with van der Waals surface area (Å²) in [5, 5.41) is 15.5. The van der Waals surface area contributed by atoms with Gasteiger partial charge >= 0.3 is 0 Å². The Balaban J connectivity index is 2.25. The molecule has 1 atom stereocenters. The third-order valence-corrected chi connectivity index (χ3v) is 3.30. The smallest absolute Gasteiger partial charge is 0.169 e. The maximum absolute atomic E-state index is 5.97. The molecule has 0 fully saturated rings. The molecule has 0 aliphatic heterocycles. The molecular weight excluding hydrogens is 232 g/mol. The number of aromatic nitrogens is 4. The number of nitrogens with zero attached hydrogens (tertiary/aromatic N) is 4. The van der Waals surface area contributed by atoms with E-state index in [-0.39, 0.29) is 5.38 Å². The summed E-state index contributed by atoms with van der Waals surface area (Å²) >= 11 is 7.66. The summed E-state index contributed by atoms with van der Waals surface area (Å²) in [6.45, 7) is 4.64. The van der Waals surface area contributed by atoms with E-state index in [1.54, 1.807) is 16.0 Å². The van der Waals surface area contributed by atoms with Crippen molar-refractivity contribution in [1.29, 1.82) is 0 Å². The lowest BCUT2D eigenvalue weighted by Gasteiger charge is -2.05. The number of thiophene rings is 1. The zero-order valence-electron chi connectivity index (χ0n) is 8.51. The fourth-order valence-electron chi connectivity index (χ4n) is 1.32. The Hall–Kier alpha value is -0.940. The molecule has 0 aromatic carbocycles. The largest absolute Gasteiger partial charge is 0.224 e. The van der Waals surface area contributed by atoms with E-state index < -0.39 is 0 Å². The van der Waals surface area contributed by atoms with Crippen molar-refractivity contribution in [2.75, 3.05) is 0 Å². The van der Waals surface area contributed by atoms with Gasteiger partial charge in [0.25, 0.3) is 0 Å². The van der Waals surface area contributed by atoms with Crippen LogP contribution in [0.3, 0.4) is 0 Å². The van der Waals surface area contributed by atoms with Crippen LogP contribution in [-0.2, 0) is 6.54 Å². The van der Waals surface area contributed by atoms with Gasteiger partial charge in [0, 0.05) is 0 Å². The van der Waals surface area contributed by atoms with E-state index >= 15 is 0 Å². The lowest BCUT2D eigenvalue weighted by molar-refractivity contribution is 0.617. The number of rotatable bonds is 3. The molecule has 2 rings (SSSR count). The highest BCUT2D eigenvalue weighted by Gasteiger charge is 2.12. The predicted molar refractivity (Wildman–Crippen MR) is 60.2 cm³/mol. The minimum Gasteiger partial charge on any atom is -0.224 e. The molecule has 15 heavy (non-hydrogen) atoms. The van der Waals surface area contributed by atoms with Crippen LogP contribution in [0, 0.1) is 6.92 Å². The fourth-order valence-corrected chi connectivity index (χ4v) is 2.32. The topological polar surface area (TPSA) is 43.6 Å². The summed E-state index contributed by atoms with van der Waals surface area (Å²) in [7, 11) is 0. The molecule has 2 aromatic rings. The van der Waals surface area contributed by atoms with Gasteiger partial charge in [-0.1, -0.05) is 0 Å². The minimum atomic E-state index is -0.168. The summed E-state index contributed by atoms with van der Waals surface area (Å²) in [5.74, 6) is 0.710. The maximum Gasteiger partial charge on any atom is 0.169 e. The van der Waals surface area contributed by atoms with Crippen LogP contribution in [0.5, 0.6) is 0 Å². The second-order valence-electron chi connectivity index (χ2n) is 3.39. The van der Waals surface area contributed by atoms with Crippen molar-refractivity contribution in [2.24, 2.45) is 0 Å². The first kappa shape index (κ1) is 10.6. The van der Waals surface area contributed by atoms with Gasteiger partial charge in [-0.3, -0.25) is 0 Å². The van der Waals surface area contributed by atoms with Gasteiger partial charge in [-0.2, -0.15) is 11.3 Å². The minimum absolute atomic E-state index is 0.168. The highest BCUT2D eigenvalue weighted by atomic mass is 35.5. The lowest BCUT2D eigenvalue weighted by atomic mass is 10.2. The normalized spacial score (nSPS) is 13.0. The Morgan fingerprint density at radius 3 is 2.93 bits per heavy atom. The van der Waals surface area contributed by atoms with Gasteiger partial charge in [0.1, 0.15) is 0 Å². The van der Waals surface area contributed by atoms with Crippen LogP contribution in [0.2, 0.25) is 0 Å². The van der Waals surface area contributed by atoms with E-state index in [4.69, 9.17) is 11.6 Å². The monoisotopic (exact) mass is 242 g/mol. The van der Waals surface area contributed by atoms with Crippen molar-refractivity contribution in [3.05, 3.63) is 27.7 Å². The van der Waals surface area contributed by atoms with E-state index in [0.717, 1.165) is 0 Å². The standard InChI is InChI=1S/C9H11ClN4S/c1-6-4-15-5-8(6)3-14-9(7(2)10)11-12-13-14/h4-5,7H,3H2,1-2H3. The third-order valence-electron chi connectivity index (χ3n) is 2.20. The zero-order valence-corrected chi connectivity index (χ0v) is 10.1. The summed E-state index contributed by atoms with van der Waals surface area (Å²) in [6, 6.07) is 0. The van der Waals surface area contributed by atoms with Crippen LogP contribution < -0.4 is 0 Å². The molecule has 0 aliphatic carbocycles. The van der Waals surface area contributed by atoms with Crippen LogP contribution in [-0.4, -0.2) is 20.2 Å². The molecule has 0 amide bonds. The molecule has 2 aromatic heterocycles. The summed E-state index contributed by atoms with van der Waals surface area (Å²) in [5.41, 5.74) is 2.51. The van der Waals surface area contributed by atoms with E-state index in [2.05, 4.69) is 33.2 Å². The highest BCUT2D eigenvalue weighted by molar-refractivity contribution is 7.08. The molecule has 1 unspecified atom stereocenters. The first-order chi connectivity index (χ1) is 7.18. The number of halogens is 1. The number of aryl methyl sites for hydroxylation is 1. The molecule has 0 spiro atoms. The fraction of sp³-hybridized carbons (Fsp3) is 0.444. The number of tetrazole rings is 1. The molecule has 6 heteroatoms. The van der Waals surface area contributed by atoms with Crippen LogP contribution in [0.1, 0.15) is 29.3 Å². The van der Waals surface area contributed by atoms with Crippen molar-refractivity contribution in [2.45, 2.75) is 25.8 Å². The molecule has 0 bridgehead atoms. The van der Waals surface area contributed by atoms with Crippen molar-refractivity contribution in [3.8, 4) is 0 Å². The van der Waals surface area contributed by atoms with Gasteiger partial charge in [0.05, 0.1) is 11.9 Å². The molecule has 0 saturated heterocycles. The van der Waals surface area contributed by atoms with Gasteiger partial charge in [-0.05, 0) is 46.2 Å². The van der Waals surface area contributed by atoms with Crippen molar-refractivity contribution in [1.82, 2.24) is 20.2 Å². The summed E-state index contributed by atoms with van der Waals surface area (Å²) in [6.07, 6.45) is 0. The van der Waals surface area contributed by atoms with Gasteiger partial charge in [-0.15, -0.1) is 16.7 Å². The van der Waals surface area contributed by atoms with Gasteiger partial charge in [0.15, 0.2) is 5.82 Å². The average Bonchev–Trinajstić information content (AvgIpc) is 2.77. The lowest BCUT2D eigenvalue weighted by Crippen LogP contribution is -2.07. The predicted octanol–water partition coefficient (Wildman–Crippen LogP) is 2.39. The first-order valence-electron chi connectivity index (χ1n) is 4.60. The molecule has 0 N–H and O–H groups in total. The molecule has 0 radical (unpaired) electrons. The Bertz CT molecular complexity index is 448. The first-order valence-corrected chi connectivity index (χ1v) is 5.98. The average molecular weight is 243 g/mol. The van der Waals surface area contributed by atoms with Crippen LogP contribution in [0.15, 0.2) is 10.8 Å². The van der Waals surface area contributed by atoms with Gasteiger partial charge in [0.2, 0.25) is 0 Å². The Labute approximate surface area is 96.9 Å². The van der Waals surface area contributed by atoms with Crippen LogP contribution in [0.25, 0.3) is 0 Å². The Morgan fingerprint density at radius 1 is 1.53 bits per heavy atom. The molecular formula is C9H11ClN4S. The summed E-state index contributed by atoms with van der Waals surface area (Å²) in [4.78, 5) is 0. The van der Waals surface area contributed by atoms with Gasteiger partial charge in [-0.25, -0.2) is 4.68 Å². The van der Waals surface area contributed by atoms with Crippen molar-refractivity contribution < 1.29 is 0 Å². The SMILES string of the molecule is Cc1cscc1Cn1nnnc1C(C)Cl. The molecule has 2 heterocycles. The van der Waals surface area contributed by atoms with Crippen molar-refractivity contribution in [3.63, 3.8) is 0 Å². The zero-order chi connectivity index (χ0) is 10.8. The molecule has 80 valence electrons. The molecule has 4 nitrogen and oxygen atoms in total. The van der Waals surface area contributed by atoms with Crippen LogP contribution in [0.4, 0.5) is 0 Å². The summed E-state index contributed by atoms with van der Waals surface area (Å²) < 4.78 is 1.74. The van der Waals surface area contributed by atoms with Crippen molar-refractivity contribution >= 4 is 22.9 Å². The third kappa shape index (κ3) is 2.18. The number of hydrogen-bond acceptors (Lipinski definition) is 4. The van der Waals surface area contributed by atoms with Gasteiger partial charge < -0.3 is 0 Å². The van der Waals surface area contributed by atoms with E-state index in [1.807, 2.05) is 6.92 Å². The maximum atomic E-state index is 5.97. The number of alkyl halides is 1. The van der Waals surface area contributed by atoms with E-state index in [0.29, 0.717) is 12.4 Å². The number of hydrogen-bond donors (Lipinski definition) is 0. The Kier molecular flexibility index (Phi) is 3.02. The van der Waals surface area contributed by atoms with Crippen LogP contribution >= 0.6 is 22.9 Å². The Morgan fingerprint density at radius 2 is 2.33 bits per heavy atom. The van der Waals surface area contributed by atoms with E-state index in [1.165, 1.54) is 11.1 Å². The second-order valence-corrected chi connectivity index (χ2v) is 4.79.